The number of hydrogen-bond acceptors (Lipinski definition) is 6. The Kier molecular flexibility index (Phi) is 6.86. The third kappa shape index (κ3) is 4.75. The van der Waals surface area contributed by atoms with Crippen molar-refractivity contribution in [1.29, 1.82) is 5.26 Å². The van der Waals surface area contributed by atoms with Gasteiger partial charge in [0.25, 0.3) is 0 Å². The largest absolute Gasteiger partial charge is 0.496 e. The summed E-state index contributed by atoms with van der Waals surface area (Å²) in [5, 5.41) is 13.0. The average molecular weight is 413 g/mol. The summed E-state index contributed by atoms with van der Waals surface area (Å²) in [6.07, 6.45) is 1.43. The maximum atomic E-state index is 12.5. The van der Waals surface area contributed by atoms with Gasteiger partial charge in [-0.15, -0.1) is 11.3 Å². The number of benzene rings is 1. The van der Waals surface area contributed by atoms with Gasteiger partial charge in [-0.1, -0.05) is 18.2 Å². The zero-order valence-corrected chi connectivity index (χ0v) is 17.3. The molecule has 0 bridgehead atoms. The van der Waals surface area contributed by atoms with Crippen molar-refractivity contribution in [2.75, 3.05) is 32.7 Å². The molecule has 0 unspecified atom stereocenters. The predicted molar refractivity (Wildman–Crippen MR) is 110 cm³/mol. The Bertz CT molecular complexity index is 948. The van der Waals surface area contributed by atoms with Crippen LogP contribution in [0.15, 0.2) is 24.3 Å². The number of rotatable bonds is 7. The minimum atomic E-state index is -0.154. The number of aryl methyl sites for hydroxylation is 1. The van der Waals surface area contributed by atoms with Crippen LogP contribution in [0.3, 0.4) is 0 Å². The lowest BCUT2D eigenvalue weighted by Crippen LogP contribution is -2.37. The Balaban J connectivity index is 1.68. The number of anilines is 1. The summed E-state index contributed by atoms with van der Waals surface area (Å²) in [6, 6.07) is 9.81. The normalized spacial score (nSPS) is 12.8. The molecule has 29 heavy (non-hydrogen) atoms. The average Bonchev–Trinajstić information content (AvgIpc) is 3.08. The molecule has 1 aliphatic heterocycles. The number of hydrogen-bond donors (Lipinski definition) is 1. The fourth-order valence-corrected chi connectivity index (χ4v) is 4.61. The minimum absolute atomic E-state index is 0.0400. The summed E-state index contributed by atoms with van der Waals surface area (Å²) in [5.41, 5.74) is 2.40. The first-order chi connectivity index (χ1) is 14.1. The molecule has 0 saturated carbocycles. The predicted octanol–water partition coefficient (Wildman–Crippen LogP) is 2.73. The number of nitriles is 1. The van der Waals surface area contributed by atoms with Gasteiger partial charge in [0.15, 0.2) is 0 Å². The van der Waals surface area contributed by atoms with Gasteiger partial charge in [-0.2, -0.15) is 5.26 Å². The SMILES string of the molecule is COCC(=O)N1CCc2c(sc(NC(=O)CCc3ccccc3OC)c2C#N)C1. The summed E-state index contributed by atoms with van der Waals surface area (Å²) < 4.78 is 10.2. The number of amides is 2. The molecule has 0 aliphatic carbocycles. The van der Waals surface area contributed by atoms with Gasteiger partial charge < -0.3 is 19.7 Å². The van der Waals surface area contributed by atoms with Crippen molar-refractivity contribution in [3.8, 4) is 11.8 Å². The molecule has 1 aliphatic rings. The molecule has 3 rings (SSSR count). The molecule has 8 heteroatoms. The number of ether oxygens (including phenoxy) is 2. The lowest BCUT2D eigenvalue weighted by atomic mass is 10.0. The lowest BCUT2D eigenvalue weighted by molar-refractivity contribution is -0.136. The Hall–Kier alpha value is -2.89. The van der Waals surface area contributed by atoms with Crippen molar-refractivity contribution in [3.05, 3.63) is 45.8 Å². The molecule has 0 fully saturated rings. The summed E-state index contributed by atoms with van der Waals surface area (Å²) in [6.45, 7) is 1.02. The molecular weight excluding hydrogens is 390 g/mol. The van der Waals surface area contributed by atoms with E-state index in [9.17, 15) is 14.9 Å². The van der Waals surface area contributed by atoms with Crippen molar-refractivity contribution in [2.45, 2.75) is 25.8 Å². The quantitative estimate of drug-likeness (QED) is 0.754. The maximum Gasteiger partial charge on any atom is 0.248 e. The molecule has 2 heterocycles. The van der Waals surface area contributed by atoms with E-state index >= 15 is 0 Å². The van der Waals surface area contributed by atoms with E-state index in [-0.39, 0.29) is 24.8 Å². The zero-order chi connectivity index (χ0) is 20.8. The third-order valence-corrected chi connectivity index (χ3v) is 5.99. The monoisotopic (exact) mass is 413 g/mol. The van der Waals surface area contributed by atoms with Crippen LogP contribution < -0.4 is 10.1 Å². The first kappa shape index (κ1) is 20.8. The van der Waals surface area contributed by atoms with E-state index in [0.717, 1.165) is 21.8 Å². The van der Waals surface area contributed by atoms with Crippen LogP contribution in [0.1, 0.15) is 28.0 Å². The highest BCUT2D eigenvalue weighted by atomic mass is 32.1. The standard InChI is InChI=1S/C21H23N3O4S/c1-27-13-20(26)24-10-9-15-16(11-22)21(29-18(15)12-24)23-19(25)8-7-14-5-3-4-6-17(14)28-2/h3-6H,7-10,12-13H2,1-2H3,(H,23,25). The van der Waals surface area contributed by atoms with E-state index in [2.05, 4.69) is 11.4 Å². The number of nitrogens with one attached hydrogen (secondary N) is 1. The summed E-state index contributed by atoms with van der Waals surface area (Å²) in [7, 11) is 3.10. The van der Waals surface area contributed by atoms with Gasteiger partial charge in [0.05, 0.1) is 19.2 Å². The Morgan fingerprint density at radius 3 is 2.83 bits per heavy atom. The summed E-state index contributed by atoms with van der Waals surface area (Å²) in [5.74, 6) is 0.524. The van der Waals surface area contributed by atoms with Gasteiger partial charge in [-0.05, 0) is 30.0 Å². The molecule has 2 amide bonds. The van der Waals surface area contributed by atoms with Crippen LogP contribution in [0.4, 0.5) is 5.00 Å². The molecule has 0 saturated heterocycles. The van der Waals surface area contributed by atoms with Crippen LogP contribution in [0.25, 0.3) is 0 Å². The topological polar surface area (TPSA) is 91.7 Å². The van der Waals surface area contributed by atoms with Crippen LogP contribution >= 0.6 is 11.3 Å². The van der Waals surface area contributed by atoms with Crippen LogP contribution in [-0.2, 0) is 33.7 Å². The fourth-order valence-electron chi connectivity index (χ4n) is 3.38. The first-order valence-electron chi connectivity index (χ1n) is 9.30. The van der Waals surface area contributed by atoms with E-state index < -0.39 is 0 Å². The third-order valence-electron chi connectivity index (χ3n) is 4.86. The first-order valence-corrected chi connectivity index (χ1v) is 10.1. The molecule has 1 aromatic heterocycles. The molecule has 1 aromatic carbocycles. The van der Waals surface area contributed by atoms with Crippen molar-refractivity contribution in [1.82, 2.24) is 4.90 Å². The van der Waals surface area contributed by atoms with E-state index in [4.69, 9.17) is 9.47 Å². The van der Waals surface area contributed by atoms with Crippen molar-refractivity contribution in [2.24, 2.45) is 0 Å². The van der Waals surface area contributed by atoms with Crippen LogP contribution in [0, 0.1) is 11.3 Å². The number of carbonyl (C=O) groups excluding carboxylic acids is 2. The highest BCUT2D eigenvalue weighted by molar-refractivity contribution is 7.16. The molecule has 152 valence electrons. The zero-order valence-electron chi connectivity index (χ0n) is 16.5. The molecular formula is C21H23N3O4S. The van der Waals surface area contributed by atoms with Crippen molar-refractivity contribution in [3.63, 3.8) is 0 Å². The highest BCUT2D eigenvalue weighted by Crippen LogP contribution is 2.36. The molecule has 0 radical (unpaired) electrons. The van der Waals surface area contributed by atoms with Gasteiger partial charge in [-0.3, -0.25) is 9.59 Å². The van der Waals surface area contributed by atoms with Crippen LogP contribution in [0.5, 0.6) is 5.75 Å². The molecule has 1 N–H and O–H groups in total. The lowest BCUT2D eigenvalue weighted by Gasteiger charge is -2.26. The number of methoxy groups -OCH3 is 2. The van der Waals surface area contributed by atoms with Crippen molar-refractivity contribution < 1.29 is 19.1 Å². The number of nitrogens with zero attached hydrogens (tertiary/aromatic N) is 2. The van der Waals surface area contributed by atoms with E-state index in [1.807, 2.05) is 24.3 Å². The number of para-hydroxylation sites is 1. The number of carbonyl (C=O) groups is 2. The second kappa shape index (κ2) is 9.54. The van der Waals surface area contributed by atoms with Crippen molar-refractivity contribution >= 4 is 28.2 Å². The molecule has 0 spiro atoms. The van der Waals surface area contributed by atoms with Crippen LogP contribution in [-0.4, -0.2) is 44.1 Å². The van der Waals surface area contributed by atoms with Gasteiger partial charge in [-0.25, -0.2) is 0 Å². The second-order valence-electron chi connectivity index (χ2n) is 6.68. The Labute approximate surface area is 173 Å². The second-order valence-corrected chi connectivity index (χ2v) is 7.78. The maximum absolute atomic E-state index is 12.5. The highest BCUT2D eigenvalue weighted by Gasteiger charge is 2.27. The number of thiophene rings is 1. The fraction of sp³-hybridized carbons (Fsp3) is 0.381. The van der Waals surface area contributed by atoms with E-state index in [1.165, 1.54) is 18.4 Å². The Morgan fingerprint density at radius 2 is 2.10 bits per heavy atom. The summed E-state index contributed by atoms with van der Waals surface area (Å²) in [4.78, 5) is 27.2. The van der Waals surface area contributed by atoms with Gasteiger partial charge >= 0.3 is 0 Å². The molecule has 2 aromatic rings. The van der Waals surface area contributed by atoms with Gasteiger partial charge in [0.2, 0.25) is 11.8 Å². The van der Waals surface area contributed by atoms with E-state index in [1.54, 1.807) is 12.0 Å². The molecule has 7 nitrogen and oxygen atoms in total. The molecule has 0 atom stereocenters. The van der Waals surface area contributed by atoms with E-state index in [0.29, 0.717) is 36.5 Å². The van der Waals surface area contributed by atoms with Crippen LogP contribution in [0.2, 0.25) is 0 Å². The number of fused-ring (bicyclic) bond motifs is 1. The van der Waals surface area contributed by atoms with Gasteiger partial charge in [0, 0.05) is 25.0 Å². The summed E-state index contributed by atoms with van der Waals surface area (Å²) >= 11 is 1.37. The Morgan fingerprint density at radius 1 is 1.31 bits per heavy atom. The van der Waals surface area contributed by atoms with Gasteiger partial charge in [0.1, 0.15) is 23.4 Å². The minimum Gasteiger partial charge on any atom is -0.496 e. The smallest absolute Gasteiger partial charge is 0.248 e.